The minimum Gasteiger partial charge on any atom is -0.389 e. The van der Waals surface area contributed by atoms with Crippen LogP contribution >= 0.6 is 11.8 Å². The van der Waals surface area contributed by atoms with Crippen LogP contribution in [0.5, 0.6) is 0 Å². The Morgan fingerprint density at radius 2 is 1.85 bits per heavy atom. The molecule has 0 amide bonds. The zero-order valence-electron chi connectivity index (χ0n) is 13.4. The quantitative estimate of drug-likeness (QED) is 0.455. The van der Waals surface area contributed by atoms with Gasteiger partial charge in [-0.3, -0.25) is 0 Å². The number of ether oxygens (including phenoxy) is 2. The summed E-state index contributed by atoms with van der Waals surface area (Å²) in [6, 6.07) is 0. The highest BCUT2D eigenvalue weighted by atomic mass is 32.2. The van der Waals surface area contributed by atoms with E-state index >= 15 is 0 Å². The van der Waals surface area contributed by atoms with E-state index in [1.807, 2.05) is 25.6 Å². The van der Waals surface area contributed by atoms with Gasteiger partial charge in [-0.15, -0.1) is 0 Å². The molecule has 0 aliphatic heterocycles. The molecule has 0 saturated heterocycles. The molecule has 0 fully saturated rings. The molecule has 0 rings (SSSR count). The van der Waals surface area contributed by atoms with Crippen LogP contribution in [0.4, 0.5) is 0 Å². The first kappa shape index (κ1) is 20.2. The monoisotopic (exact) mass is 307 g/mol. The largest absolute Gasteiger partial charge is 0.389 e. The summed E-state index contributed by atoms with van der Waals surface area (Å²) in [7, 11) is 0. The number of aliphatic hydroxyl groups excluding tert-OH is 1. The van der Waals surface area contributed by atoms with Gasteiger partial charge in [0.25, 0.3) is 0 Å². The van der Waals surface area contributed by atoms with Crippen molar-refractivity contribution >= 4 is 11.8 Å². The van der Waals surface area contributed by atoms with Crippen molar-refractivity contribution in [1.82, 2.24) is 5.32 Å². The van der Waals surface area contributed by atoms with E-state index < -0.39 is 6.10 Å². The Morgan fingerprint density at radius 1 is 1.10 bits per heavy atom. The Morgan fingerprint density at radius 3 is 2.55 bits per heavy atom. The lowest BCUT2D eigenvalue weighted by Gasteiger charge is -2.13. The van der Waals surface area contributed by atoms with E-state index in [-0.39, 0.29) is 6.10 Å². The number of unbranched alkanes of at least 4 members (excludes halogenated alkanes) is 3. The van der Waals surface area contributed by atoms with E-state index in [0.29, 0.717) is 26.4 Å². The number of hydrogen-bond donors (Lipinski definition) is 2. The van der Waals surface area contributed by atoms with Crippen LogP contribution in [0.1, 0.15) is 39.5 Å². The van der Waals surface area contributed by atoms with Crippen molar-refractivity contribution in [3.8, 4) is 0 Å². The molecule has 2 N–H and O–H groups in total. The van der Waals surface area contributed by atoms with E-state index in [2.05, 4.69) is 11.6 Å². The summed E-state index contributed by atoms with van der Waals surface area (Å²) in [6.45, 7) is 7.10. The summed E-state index contributed by atoms with van der Waals surface area (Å²) in [5, 5.41) is 13.0. The van der Waals surface area contributed by atoms with Crippen molar-refractivity contribution in [2.75, 3.05) is 44.9 Å². The third-order valence-corrected chi connectivity index (χ3v) is 3.52. The van der Waals surface area contributed by atoms with Crippen LogP contribution in [0, 0.1) is 0 Å². The lowest BCUT2D eigenvalue weighted by Crippen LogP contribution is -2.31. The fraction of sp³-hybridized carbons (Fsp3) is 1.00. The Kier molecular flexibility index (Phi) is 15.7. The maximum absolute atomic E-state index is 9.70. The van der Waals surface area contributed by atoms with Crippen LogP contribution < -0.4 is 5.32 Å². The zero-order valence-corrected chi connectivity index (χ0v) is 14.2. The molecule has 1 atom stereocenters. The molecule has 0 aliphatic rings. The molecule has 0 aromatic heterocycles. The molecule has 122 valence electrons. The summed E-state index contributed by atoms with van der Waals surface area (Å²) in [6.07, 6.45) is 7.04. The van der Waals surface area contributed by atoms with Crippen molar-refractivity contribution in [2.24, 2.45) is 0 Å². The lowest BCUT2D eigenvalue weighted by atomic mass is 10.2. The lowest BCUT2D eigenvalue weighted by molar-refractivity contribution is -0.00992. The van der Waals surface area contributed by atoms with Crippen molar-refractivity contribution in [1.29, 1.82) is 0 Å². The van der Waals surface area contributed by atoms with Crippen LogP contribution in [-0.4, -0.2) is 62.2 Å². The highest BCUT2D eigenvalue weighted by molar-refractivity contribution is 7.98. The molecular formula is C15H33NO3S. The second-order valence-electron chi connectivity index (χ2n) is 5.26. The Hall–Kier alpha value is 0.190. The normalized spacial score (nSPS) is 13.1. The summed E-state index contributed by atoms with van der Waals surface area (Å²) in [4.78, 5) is 0. The van der Waals surface area contributed by atoms with Gasteiger partial charge in [0.05, 0.1) is 32.0 Å². The van der Waals surface area contributed by atoms with Crippen molar-refractivity contribution in [3.63, 3.8) is 0 Å². The molecule has 0 saturated carbocycles. The summed E-state index contributed by atoms with van der Waals surface area (Å²) >= 11 is 1.91. The Balaban J connectivity index is 3.14. The fourth-order valence-corrected chi connectivity index (χ4v) is 2.23. The van der Waals surface area contributed by atoms with Gasteiger partial charge in [-0.25, -0.2) is 0 Å². The van der Waals surface area contributed by atoms with Gasteiger partial charge in [0.1, 0.15) is 0 Å². The van der Waals surface area contributed by atoms with Gasteiger partial charge in [-0.1, -0.05) is 12.8 Å². The Bertz CT molecular complexity index is 194. The molecule has 0 spiro atoms. The van der Waals surface area contributed by atoms with E-state index in [1.54, 1.807) is 0 Å². The molecule has 0 aromatic carbocycles. The maximum Gasteiger partial charge on any atom is 0.0897 e. The molecular weight excluding hydrogens is 274 g/mol. The standard InChI is InChI=1S/C15H33NO3S/c1-14(2)19-10-9-18-13-15(17)12-16-8-6-4-5-7-11-20-3/h14-17H,4-13H2,1-3H3. The van der Waals surface area contributed by atoms with E-state index in [9.17, 15) is 5.11 Å². The second kappa shape index (κ2) is 15.6. The molecule has 0 aromatic rings. The minimum atomic E-state index is -0.425. The van der Waals surface area contributed by atoms with E-state index in [0.717, 1.165) is 6.54 Å². The smallest absolute Gasteiger partial charge is 0.0897 e. The number of aliphatic hydroxyl groups is 1. The summed E-state index contributed by atoms with van der Waals surface area (Å²) in [5.74, 6) is 1.27. The highest BCUT2D eigenvalue weighted by Gasteiger charge is 2.03. The molecule has 0 aliphatic carbocycles. The van der Waals surface area contributed by atoms with Crippen molar-refractivity contribution < 1.29 is 14.6 Å². The molecule has 20 heavy (non-hydrogen) atoms. The van der Waals surface area contributed by atoms with Crippen LogP contribution in [0.15, 0.2) is 0 Å². The number of hydrogen-bond acceptors (Lipinski definition) is 5. The number of thioether (sulfide) groups is 1. The first-order chi connectivity index (χ1) is 9.66. The fourth-order valence-electron chi connectivity index (χ4n) is 1.74. The minimum absolute atomic E-state index is 0.237. The third-order valence-electron chi connectivity index (χ3n) is 2.82. The highest BCUT2D eigenvalue weighted by Crippen LogP contribution is 2.03. The third kappa shape index (κ3) is 16.2. The van der Waals surface area contributed by atoms with Gasteiger partial charge in [0, 0.05) is 6.54 Å². The van der Waals surface area contributed by atoms with Crippen molar-refractivity contribution in [2.45, 2.75) is 51.7 Å². The SMILES string of the molecule is CSCCCCCCNCC(O)COCCOC(C)C. The molecule has 0 radical (unpaired) electrons. The topological polar surface area (TPSA) is 50.7 Å². The van der Waals surface area contributed by atoms with Gasteiger partial charge in [0.2, 0.25) is 0 Å². The predicted molar refractivity (Wildman–Crippen MR) is 87.6 cm³/mol. The second-order valence-corrected chi connectivity index (χ2v) is 6.25. The van der Waals surface area contributed by atoms with Crippen LogP contribution in [-0.2, 0) is 9.47 Å². The zero-order chi connectivity index (χ0) is 15.1. The molecule has 1 unspecified atom stereocenters. The van der Waals surface area contributed by atoms with Crippen LogP contribution in [0.25, 0.3) is 0 Å². The van der Waals surface area contributed by atoms with Gasteiger partial charge >= 0.3 is 0 Å². The first-order valence-corrected chi connectivity index (χ1v) is 9.13. The predicted octanol–water partition coefficient (Wildman–Crippen LogP) is 2.30. The number of nitrogens with one attached hydrogen (secondary N) is 1. The maximum atomic E-state index is 9.70. The van der Waals surface area contributed by atoms with E-state index in [1.165, 1.54) is 31.4 Å². The molecule has 4 nitrogen and oxygen atoms in total. The van der Waals surface area contributed by atoms with Crippen LogP contribution in [0.3, 0.4) is 0 Å². The van der Waals surface area contributed by atoms with Gasteiger partial charge in [-0.05, 0) is 45.2 Å². The molecule has 0 heterocycles. The average Bonchev–Trinajstić information content (AvgIpc) is 2.41. The van der Waals surface area contributed by atoms with Gasteiger partial charge in [0.15, 0.2) is 0 Å². The van der Waals surface area contributed by atoms with Crippen molar-refractivity contribution in [3.05, 3.63) is 0 Å². The Labute approximate surface area is 129 Å². The van der Waals surface area contributed by atoms with Gasteiger partial charge < -0.3 is 19.9 Å². The molecule has 0 bridgehead atoms. The first-order valence-electron chi connectivity index (χ1n) is 7.74. The summed E-state index contributed by atoms with van der Waals surface area (Å²) < 4.78 is 10.7. The van der Waals surface area contributed by atoms with Crippen LogP contribution in [0.2, 0.25) is 0 Å². The molecule has 5 heteroatoms. The van der Waals surface area contributed by atoms with E-state index in [4.69, 9.17) is 9.47 Å². The average molecular weight is 308 g/mol. The number of rotatable bonds is 15. The summed E-state index contributed by atoms with van der Waals surface area (Å²) in [5.41, 5.74) is 0. The van der Waals surface area contributed by atoms with Gasteiger partial charge in [-0.2, -0.15) is 11.8 Å².